The van der Waals surface area contributed by atoms with Crippen molar-refractivity contribution < 1.29 is 14.7 Å². The summed E-state index contributed by atoms with van der Waals surface area (Å²) in [5, 5.41) is 11.4. The average Bonchev–Trinajstić information content (AvgIpc) is 2.38. The number of aliphatic carboxylic acids is 1. The molecule has 2 N–H and O–H groups in total. The molecule has 98 valence electrons. The Labute approximate surface area is 106 Å². The van der Waals surface area contributed by atoms with E-state index >= 15 is 0 Å². The van der Waals surface area contributed by atoms with Crippen LogP contribution in [0.4, 0.5) is 5.69 Å². The zero-order valence-electron chi connectivity index (χ0n) is 10.8. The topological polar surface area (TPSA) is 69.6 Å². The number of carboxylic acids is 1. The predicted octanol–water partition coefficient (Wildman–Crippen LogP) is 0.884. The Kier molecular flexibility index (Phi) is 4.85. The molecule has 18 heavy (non-hydrogen) atoms. The molecule has 5 nitrogen and oxygen atoms in total. The van der Waals surface area contributed by atoms with Gasteiger partial charge in [0.1, 0.15) is 0 Å². The minimum absolute atomic E-state index is 0.491. The van der Waals surface area contributed by atoms with Crippen molar-refractivity contribution in [2.45, 2.75) is 19.4 Å². The number of nitrogens with zero attached hydrogens (tertiary/aromatic N) is 1. The zero-order chi connectivity index (χ0) is 13.7. The van der Waals surface area contributed by atoms with Gasteiger partial charge >= 0.3 is 5.97 Å². The molecule has 1 amide bonds. The minimum atomic E-state index is -1.22. The third kappa shape index (κ3) is 3.07. The van der Waals surface area contributed by atoms with Gasteiger partial charge in [-0.1, -0.05) is 19.1 Å². The van der Waals surface area contributed by atoms with Crippen molar-refractivity contribution in [1.82, 2.24) is 5.32 Å². The molecule has 0 radical (unpaired) electrons. The number of amides is 1. The lowest BCUT2D eigenvalue weighted by molar-refractivity contribution is -0.143. The number of likely N-dealkylation sites (N-methyl/N-ethyl adjacent to an activating group) is 2. The summed E-state index contributed by atoms with van der Waals surface area (Å²) in [6.07, 6.45) is 0.923. The second kappa shape index (κ2) is 6.16. The van der Waals surface area contributed by atoms with Crippen LogP contribution >= 0.6 is 0 Å². The predicted molar refractivity (Wildman–Crippen MR) is 69.7 cm³/mol. The van der Waals surface area contributed by atoms with Gasteiger partial charge in [-0.2, -0.15) is 0 Å². The number of nitrogens with one attached hydrogen (secondary N) is 1. The Hall–Kier alpha value is -1.88. The van der Waals surface area contributed by atoms with Crippen LogP contribution in [-0.4, -0.2) is 37.1 Å². The number of carboxylic acid groups (broad SMARTS) is 1. The van der Waals surface area contributed by atoms with Crippen molar-refractivity contribution in [3.63, 3.8) is 0 Å². The molecule has 0 fully saturated rings. The Morgan fingerprint density at radius 2 is 1.89 bits per heavy atom. The van der Waals surface area contributed by atoms with Gasteiger partial charge in [0.25, 0.3) is 5.91 Å². The summed E-state index contributed by atoms with van der Waals surface area (Å²) in [6, 6.07) is 6.25. The first-order chi connectivity index (χ1) is 8.51. The third-order valence-corrected chi connectivity index (χ3v) is 2.85. The van der Waals surface area contributed by atoms with Gasteiger partial charge in [0.15, 0.2) is 6.04 Å². The Morgan fingerprint density at radius 3 is 2.28 bits per heavy atom. The van der Waals surface area contributed by atoms with Crippen molar-refractivity contribution in [2.24, 2.45) is 0 Å². The van der Waals surface area contributed by atoms with E-state index in [0.29, 0.717) is 5.69 Å². The van der Waals surface area contributed by atoms with E-state index in [1.807, 2.05) is 31.2 Å². The number of aryl methyl sites for hydroxylation is 1. The van der Waals surface area contributed by atoms with Crippen LogP contribution in [0, 0.1) is 0 Å². The SMILES string of the molecule is CCc1ccc(N(C)C(=O)C(NC)C(=O)O)cc1. The molecule has 1 aromatic rings. The molecule has 0 aromatic heterocycles. The third-order valence-electron chi connectivity index (χ3n) is 2.85. The van der Waals surface area contributed by atoms with Crippen molar-refractivity contribution in [1.29, 1.82) is 0 Å². The molecule has 1 aromatic carbocycles. The fraction of sp³-hybridized carbons (Fsp3) is 0.385. The van der Waals surface area contributed by atoms with Crippen LogP contribution in [0.2, 0.25) is 0 Å². The molecule has 0 aliphatic carbocycles. The quantitative estimate of drug-likeness (QED) is 0.761. The number of anilines is 1. The van der Waals surface area contributed by atoms with Crippen LogP contribution < -0.4 is 10.2 Å². The van der Waals surface area contributed by atoms with Crippen LogP contribution in [0.15, 0.2) is 24.3 Å². The van der Waals surface area contributed by atoms with E-state index in [1.165, 1.54) is 17.5 Å². The molecule has 0 saturated carbocycles. The second-order valence-electron chi connectivity index (χ2n) is 3.98. The van der Waals surface area contributed by atoms with E-state index in [1.54, 1.807) is 7.05 Å². The lowest BCUT2D eigenvalue weighted by Crippen LogP contribution is -2.48. The maximum absolute atomic E-state index is 12.0. The lowest BCUT2D eigenvalue weighted by atomic mass is 10.1. The van der Waals surface area contributed by atoms with Gasteiger partial charge in [-0.05, 0) is 31.2 Å². The molecular weight excluding hydrogens is 232 g/mol. The molecule has 5 heteroatoms. The standard InChI is InChI=1S/C13H18N2O3/c1-4-9-5-7-10(8-6-9)15(3)12(16)11(14-2)13(17)18/h5-8,11,14H,4H2,1-3H3,(H,17,18). The molecule has 0 bridgehead atoms. The second-order valence-corrected chi connectivity index (χ2v) is 3.98. The summed E-state index contributed by atoms with van der Waals surface area (Å²) in [7, 11) is 3.02. The first-order valence-corrected chi connectivity index (χ1v) is 5.77. The molecule has 1 rings (SSSR count). The van der Waals surface area contributed by atoms with Crippen molar-refractivity contribution in [3.05, 3.63) is 29.8 Å². The Bertz CT molecular complexity index is 428. The maximum Gasteiger partial charge on any atom is 0.330 e. The van der Waals surface area contributed by atoms with Crippen molar-refractivity contribution in [2.75, 3.05) is 19.0 Å². The van der Waals surface area contributed by atoms with E-state index in [-0.39, 0.29) is 0 Å². The summed E-state index contributed by atoms with van der Waals surface area (Å²) < 4.78 is 0. The van der Waals surface area contributed by atoms with Gasteiger partial charge in [-0.25, -0.2) is 4.79 Å². The van der Waals surface area contributed by atoms with Crippen molar-refractivity contribution >= 4 is 17.6 Å². The average molecular weight is 250 g/mol. The smallest absolute Gasteiger partial charge is 0.330 e. The molecule has 0 saturated heterocycles. The number of benzene rings is 1. The lowest BCUT2D eigenvalue weighted by Gasteiger charge is -2.21. The molecule has 0 aliphatic rings. The number of hydrogen-bond donors (Lipinski definition) is 2. The van der Waals surface area contributed by atoms with E-state index < -0.39 is 17.9 Å². The molecule has 0 spiro atoms. The first-order valence-electron chi connectivity index (χ1n) is 5.77. The molecular formula is C13H18N2O3. The van der Waals surface area contributed by atoms with E-state index in [9.17, 15) is 9.59 Å². The highest BCUT2D eigenvalue weighted by molar-refractivity contribution is 6.08. The largest absolute Gasteiger partial charge is 0.480 e. The van der Waals surface area contributed by atoms with Crippen LogP contribution in [0.3, 0.4) is 0 Å². The van der Waals surface area contributed by atoms with Gasteiger partial charge in [-0.3, -0.25) is 10.1 Å². The fourth-order valence-corrected chi connectivity index (χ4v) is 1.63. The normalized spacial score (nSPS) is 11.9. The molecule has 0 aliphatic heterocycles. The number of hydrogen-bond acceptors (Lipinski definition) is 3. The number of carbonyl (C=O) groups is 2. The van der Waals surface area contributed by atoms with Gasteiger partial charge in [0.05, 0.1) is 0 Å². The Morgan fingerprint density at radius 1 is 1.33 bits per heavy atom. The summed E-state index contributed by atoms with van der Waals surface area (Å²) in [4.78, 5) is 24.2. The van der Waals surface area contributed by atoms with E-state index in [2.05, 4.69) is 5.32 Å². The van der Waals surface area contributed by atoms with Crippen LogP contribution in [0.5, 0.6) is 0 Å². The Balaban J connectivity index is 2.88. The van der Waals surface area contributed by atoms with Crippen molar-refractivity contribution in [3.8, 4) is 0 Å². The van der Waals surface area contributed by atoms with E-state index in [4.69, 9.17) is 5.11 Å². The first kappa shape index (κ1) is 14.2. The highest BCUT2D eigenvalue weighted by atomic mass is 16.4. The monoisotopic (exact) mass is 250 g/mol. The van der Waals surface area contributed by atoms with Gasteiger partial charge in [-0.15, -0.1) is 0 Å². The summed E-state index contributed by atoms with van der Waals surface area (Å²) in [5.41, 5.74) is 1.85. The highest BCUT2D eigenvalue weighted by Gasteiger charge is 2.27. The minimum Gasteiger partial charge on any atom is -0.480 e. The summed E-state index contributed by atoms with van der Waals surface area (Å²) in [5.74, 6) is -1.67. The molecule has 1 atom stereocenters. The van der Waals surface area contributed by atoms with E-state index in [0.717, 1.165) is 6.42 Å². The molecule has 0 heterocycles. The summed E-state index contributed by atoms with van der Waals surface area (Å²) in [6.45, 7) is 2.05. The van der Waals surface area contributed by atoms with Crippen LogP contribution in [0.1, 0.15) is 12.5 Å². The van der Waals surface area contributed by atoms with Gasteiger partial charge < -0.3 is 10.0 Å². The number of rotatable bonds is 5. The maximum atomic E-state index is 12.0. The molecule has 1 unspecified atom stereocenters. The zero-order valence-corrected chi connectivity index (χ0v) is 10.8. The van der Waals surface area contributed by atoms with Gasteiger partial charge in [0, 0.05) is 12.7 Å². The van der Waals surface area contributed by atoms with Gasteiger partial charge in [0.2, 0.25) is 0 Å². The van der Waals surface area contributed by atoms with Crippen LogP contribution in [0.25, 0.3) is 0 Å². The number of carbonyl (C=O) groups excluding carboxylic acids is 1. The highest BCUT2D eigenvalue weighted by Crippen LogP contribution is 2.15. The fourth-order valence-electron chi connectivity index (χ4n) is 1.63. The van der Waals surface area contributed by atoms with Crippen LogP contribution in [-0.2, 0) is 16.0 Å². The summed E-state index contributed by atoms with van der Waals surface area (Å²) >= 11 is 0.